The highest BCUT2D eigenvalue weighted by Gasteiger charge is 2.35. The zero-order chi connectivity index (χ0) is 38.1. The van der Waals surface area contributed by atoms with E-state index in [-0.39, 0.29) is 5.41 Å². The van der Waals surface area contributed by atoms with E-state index in [1.165, 1.54) is 82.8 Å². The Morgan fingerprint density at radius 1 is 0.368 bits per heavy atom. The summed E-state index contributed by atoms with van der Waals surface area (Å²) >= 11 is 0. The molecule has 0 saturated heterocycles. The van der Waals surface area contributed by atoms with Gasteiger partial charge in [-0.25, -0.2) is 0 Å². The van der Waals surface area contributed by atoms with Crippen LogP contribution < -0.4 is 4.90 Å². The minimum Gasteiger partial charge on any atom is -0.310 e. The molecule has 1 aliphatic rings. The standard InChI is InChI=1S/C55H40N2/c1-55(2)50-23-10-8-21-46(50)47-32-31-44(36-51(47)55)56(42-29-26-38(27-30-42)37-14-4-3-5-15-37)43-19-12-18-40(34-43)41-28-33-54-49(35-41)48-22-9-11-24-53(48)57(54)52-25-13-17-39-16-6-7-20-45(39)52/h3-36H,1-2H3. The molecule has 0 bridgehead atoms. The zero-order valence-electron chi connectivity index (χ0n) is 32.0. The van der Waals surface area contributed by atoms with Crippen molar-refractivity contribution < 1.29 is 0 Å². The maximum Gasteiger partial charge on any atom is 0.0541 e. The number of nitrogens with zero attached hydrogens (tertiary/aromatic N) is 2. The van der Waals surface area contributed by atoms with Gasteiger partial charge in [0.15, 0.2) is 0 Å². The van der Waals surface area contributed by atoms with E-state index in [9.17, 15) is 0 Å². The van der Waals surface area contributed by atoms with Crippen LogP contribution in [0.4, 0.5) is 17.1 Å². The first-order chi connectivity index (χ1) is 28.0. The highest BCUT2D eigenvalue weighted by atomic mass is 15.1. The molecule has 0 spiro atoms. The smallest absolute Gasteiger partial charge is 0.0541 e. The molecule has 0 atom stereocenters. The van der Waals surface area contributed by atoms with Crippen molar-refractivity contribution in [1.82, 2.24) is 4.57 Å². The van der Waals surface area contributed by atoms with E-state index in [4.69, 9.17) is 0 Å². The second-order valence-corrected chi connectivity index (χ2v) is 15.8. The van der Waals surface area contributed by atoms with Gasteiger partial charge in [0, 0.05) is 38.6 Å². The van der Waals surface area contributed by atoms with Crippen LogP contribution >= 0.6 is 0 Å². The molecule has 9 aromatic carbocycles. The van der Waals surface area contributed by atoms with Gasteiger partial charge in [-0.05, 0) is 111 Å². The molecule has 1 aromatic heterocycles. The van der Waals surface area contributed by atoms with Gasteiger partial charge >= 0.3 is 0 Å². The third kappa shape index (κ3) is 5.33. The van der Waals surface area contributed by atoms with E-state index in [2.05, 4.69) is 230 Å². The molecule has 2 heteroatoms. The van der Waals surface area contributed by atoms with E-state index in [1.54, 1.807) is 0 Å². The number of hydrogen-bond donors (Lipinski definition) is 0. The van der Waals surface area contributed by atoms with Gasteiger partial charge in [0.25, 0.3) is 0 Å². The fourth-order valence-corrected chi connectivity index (χ4v) is 9.35. The summed E-state index contributed by atoms with van der Waals surface area (Å²) in [5, 5.41) is 4.98. The molecular formula is C55H40N2. The van der Waals surface area contributed by atoms with Gasteiger partial charge in [0.1, 0.15) is 0 Å². The summed E-state index contributed by atoms with van der Waals surface area (Å²) in [7, 11) is 0. The van der Waals surface area contributed by atoms with Crippen LogP contribution in [0.2, 0.25) is 0 Å². The normalized spacial score (nSPS) is 12.9. The molecule has 10 aromatic rings. The van der Waals surface area contributed by atoms with E-state index in [0.29, 0.717) is 0 Å². The molecule has 11 rings (SSSR count). The van der Waals surface area contributed by atoms with Crippen LogP contribution in [0.1, 0.15) is 25.0 Å². The lowest BCUT2D eigenvalue weighted by molar-refractivity contribution is 0.660. The van der Waals surface area contributed by atoms with Crippen LogP contribution in [0.25, 0.3) is 71.6 Å². The Hall–Kier alpha value is -7.16. The summed E-state index contributed by atoms with van der Waals surface area (Å²) in [5.74, 6) is 0. The van der Waals surface area contributed by atoms with Gasteiger partial charge < -0.3 is 9.47 Å². The predicted octanol–water partition coefficient (Wildman–Crippen LogP) is 15.0. The molecule has 0 fully saturated rings. The minimum atomic E-state index is -0.104. The Labute approximate surface area is 333 Å². The van der Waals surface area contributed by atoms with Crippen molar-refractivity contribution in [1.29, 1.82) is 0 Å². The molecule has 270 valence electrons. The second kappa shape index (κ2) is 13.0. The Morgan fingerprint density at radius 3 is 1.84 bits per heavy atom. The molecule has 0 amide bonds. The number of rotatable bonds is 6. The Bertz CT molecular complexity index is 3140. The van der Waals surface area contributed by atoms with Gasteiger partial charge in [-0.15, -0.1) is 0 Å². The fraction of sp³-hybridized carbons (Fsp3) is 0.0545. The van der Waals surface area contributed by atoms with Crippen LogP contribution in [0.15, 0.2) is 206 Å². The van der Waals surface area contributed by atoms with Crippen molar-refractivity contribution in [3.8, 4) is 39.1 Å². The third-order valence-electron chi connectivity index (χ3n) is 12.2. The number of benzene rings is 9. The van der Waals surface area contributed by atoms with E-state index in [1.807, 2.05) is 0 Å². The molecule has 0 aliphatic heterocycles. The van der Waals surface area contributed by atoms with Gasteiger partial charge in [-0.1, -0.05) is 159 Å². The van der Waals surface area contributed by atoms with Gasteiger partial charge in [0.05, 0.1) is 16.7 Å². The first kappa shape index (κ1) is 33.2. The predicted molar refractivity (Wildman–Crippen MR) is 241 cm³/mol. The molecule has 0 N–H and O–H groups in total. The molecule has 57 heavy (non-hydrogen) atoms. The van der Waals surface area contributed by atoms with Crippen LogP contribution in [0.3, 0.4) is 0 Å². The minimum absolute atomic E-state index is 0.104. The maximum atomic E-state index is 2.43. The fourth-order valence-electron chi connectivity index (χ4n) is 9.35. The van der Waals surface area contributed by atoms with Crippen molar-refractivity contribution in [3.05, 3.63) is 217 Å². The van der Waals surface area contributed by atoms with Gasteiger partial charge in [0.2, 0.25) is 0 Å². The van der Waals surface area contributed by atoms with Gasteiger partial charge in [-0.3, -0.25) is 0 Å². The largest absolute Gasteiger partial charge is 0.310 e. The molecular weight excluding hydrogens is 689 g/mol. The number of fused-ring (bicyclic) bond motifs is 7. The van der Waals surface area contributed by atoms with Crippen LogP contribution in [0.5, 0.6) is 0 Å². The Morgan fingerprint density at radius 2 is 0.965 bits per heavy atom. The second-order valence-electron chi connectivity index (χ2n) is 15.8. The number of anilines is 3. The molecule has 2 nitrogen and oxygen atoms in total. The topological polar surface area (TPSA) is 8.17 Å². The van der Waals surface area contributed by atoms with Crippen LogP contribution in [0, 0.1) is 0 Å². The highest BCUT2D eigenvalue weighted by molar-refractivity contribution is 6.11. The lowest BCUT2D eigenvalue weighted by Gasteiger charge is -2.28. The van der Waals surface area contributed by atoms with Crippen LogP contribution in [-0.4, -0.2) is 4.57 Å². The van der Waals surface area contributed by atoms with Crippen molar-refractivity contribution >= 4 is 49.6 Å². The zero-order valence-corrected chi connectivity index (χ0v) is 32.0. The van der Waals surface area contributed by atoms with Gasteiger partial charge in [-0.2, -0.15) is 0 Å². The van der Waals surface area contributed by atoms with Crippen molar-refractivity contribution in [3.63, 3.8) is 0 Å². The van der Waals surface area contributed by atoms with E-state index >= 15 is 0 Å². The summed E-state index contributed by atoms with van der Waals surface area (Å²) in [4.78, 5) is 2.42. The number of para-hydroxylation sites is 1. The first-order valence-electron chi connectivity index (χ1n) is 19.8. The van der Waals surface area contributed by atoms with E-state index in [0.717, 1.165) is 17.1 Å². The lowest BCUT2D eigenvalue weighted by atomic mass is 9.82. The average molecular weight is 729 g/mol. The SMILES string of the molecule is CC1(C)c2ccccc2-c2ccc(N(c3ccc(-c4ccccc4)cc3)c3cccc(-c4ccc5c(c4)c4ccccc4n5-c4cccc5ccccc45)c3)cc21. The van der Waals surface area contributed by atoms with E-state index < -0.39 is 0 Å². The number of hydrogen-bond acceptors (Lipinski definition) is 1. The lowest BCUT2D eigenvalue weighted by Crippen LogP contribution is -2.16. The molecule has 1 heterocycles. The summed E-state index contributed by atoms with van der Waals surface area (Å²) in [5.41, 5.74) is 17.1. The molecule has 0 radical (unpaired) electrons. The Kier molecular flexibility index (Phi) is 7.55. The van der Waals surface area contributed by atoms with Crippen molar-refractivity contribution in [2.75, 3.05) is 4.90 Å². The molecule has 0 unspecified atom stereocenters. The monoisotopic (exact) mass is 728 g/mol. The summed E-state index contributed by atoms with van der Waals surface area (Å²) in [6, 6.07) is 75.6. The molecule has 1 aliphatic carbocycles. The summed E-state index contributed by atoms with van der Waals surface area (Å²) in [6.45, 7) is 4.71. The molecule has 0 saturated carbocycles. The number of aromatic nitrogens is 1. The quantitative estimate of drug-likeness (QED) is 0.165. The summed E-state index contributed by atoms with van der Waals surface area (Å²) < 4.78 is 2.43. The summed E-state index contributed by atoms with van der Waals surface area (Å²) in [6.07, 6.45) is 0. The van der Waals surface area contributed by atoms with Crippen molar-refractivity contribution in [2.24, 2.45) is 0 Å². The third-order valence-corrected chi connectivity index (χ3v) is 12.2. The van der Waals surface area contributed by atoms with Crippen molar-refractivity contribution in [2.45, 2.75) is 19.3 Å². The maximum absolute atomic E-state index is 2.43. The Balaban J connectivity index is 1.06. The highest BCUT2D eigenvalue weighted by Crippen LogP contribution is 2.51. The first-order valence-corrected chi connectivity index (χ1v) is 19.8. The van der Waals surface area contributed by atoms with Crippen LogP contribution in [-0.2, 0) is 5.41 Å². The average Bonchev–Trinajstić information content (AvgIpc) is 3.72.